The molecule has 190 valence electrons. The molecular formula is C28H29Cl3N2O2S. The van der Waals surface area contributed by atoms with Gasteiger partial charge in [0.25, 0.3) is 0 Å². The fraction of sp³-hybridized carbons (Fsp3) is 0.286. The van der Waals surface area contributed by atoms with E-state index in [1.54, 1.807) is 35.2 Å². The number of nitrogens with one attached hydrogen (secondary N) is 1. The molecule has 3 aromatic rings. The number of hydrogen-bond acceptors (Lipinski definition) is 3. The molecule has 0 spiro atoms. The molecule has 4 nitrogen and oxygen atoms in total. The fourth-order valence-corrected chi connectivity index (χ4v) is 5.03. The van der Waals surface area contributed by atoms with E-state index in [2.05, 4.69) is 12.2 Å². The van der Waals surface area contributed by atoms with E-state index in [0.29, 0.717) is 28.0 Å². The molecule has 1 N–H and O–H groups in total. The summed E-state index contributed by atoms with van der Waals surface area (Å²) in [5, 5.41) is 4.62. The predicted octanol–water partition coefficient (Wildman–Crippen LogP) is 7.30. The van der Waals surface area contributed by atoms with Crippen molar-refractivity contribution in [3.05, 3.63) is 99.0 Å². The third-order valence-corrected chi connectivity index (χ3v) is 7.47. The van der Waals surface area contributed by atoms with Gasteiger partial charge < -0.3 is 10.2 Å². The summed E-state index contributed by atoms with van der Waals surface area (Å²) in [7, 11) is 0. The van der Waals surface area contributed by atoms with Gasteiger partial charge in [0.2, 0.25) is 11.8 Å². The van der Waals surface area contributed by atoms with Crippen LogP contribution in [0.5, 0.6) is 0 Å². The van der Waals surface area contributed by atoms with Crippen LogP contribution in [0.1, 0.15) is 30.9 Å². The quantitative estimate of drug-likeness (QED) is 0.186. The first kappa shape index (κ1) is 28.4. The highest BCUT2D eigenvalue weighted by Gasteiger charge is 2.30. The van der Waals surface area contributed by atoms with Crippen molar-refractivity contribution >= 4 is 58.4 Å². The molecule has 0 aliphatic rings. The van der Waals surface area contributed by atoms with Gasteiger partial charge in [0.05, 0.1) is 5.75 Å². The molecule has 0 radical (unpaired) electrons. The van der Waals surface area contributed by atoms with Gasteiger partial charge >= 0.3 is 0 Å². The van der Waals surface area contributed by atoms with E-state index in [9.17, 15) is 9.59 Å². The molecule has 3 rings (SSSR count). The van der Waals surface area contributed by atoms with Crippen LogP contribution in [-0.4, -0.2) is 35.1 Å². The molecule has 0 bridgehead atoms. The van der Waals surface area contributed by atoms with Crippen LogP contribution in [0.2, 0.25) is 15.1 Å². The van der Waals surface area contributed by atoms with Crippen molar-refractivity contribution in [2.75, 3.05) is 12.3 Å². The fourth-order valence-electron chi connectivity index (χ4n) is 3.65. The molecule has 2 amide bonds. The Kier molecular flexibility index (Phi) is 11.5. The van der Waals surface area contributed by atoms with Gasteiger partial charge in [0.15, 0.2) is 0 Å². The normalized spacial score (nSPS) is 11.7. The molecule has 3 aromatic carbocycles. The molecule has 0 saturated heterocycles. The lowest BCUT2D eigenvalue weighted by atomic mass is 10.0. The minimum atomic E-state index is -0.700. The van der Waals surface area contributed by atoms with Gasteiger partial charge in [-0.3, -0.25) is 9.59 Å². The zero-order valence-electron chi connectivity index (χ0n) is 20.1. The first-order valence-corrected chi connectivity index (χ1v) is 13.9. The number of unbranched alkanes of at least 4 members (excludes halogenated alkanes) is 1. The molecule has 1 atom stereocenters. The zero-order valence-corrected chi connectivity index (χ0v) is 23.1. The highest BCUT2D eigenvalue weighted by Crippen LogP contribution is 2.26. The van der Waals surface area contributed by atoms with E-state index >= 15 is 0 Å². The van der Waals surface area contributed by atoms with Crippen LogP contribution in [0.4, 0.5) is 0 Å². The van der Waals surface area contributed by atoms with Crippen LogP contribution in [0.3, 0.4) is 0 Å². The average Bonchev–Trinajstić information content (AvgIpc) is 2.87. The van der Waals surface area contributed by atoms with Crippen molar-refractivity contribution in [1.82, 2.24) is 10.2 Å². The summed E-state index contributed by atoms with van der Waals surface area (Å²) < 4.78 is 0. The van der Waals surface area contributed by atoms with Gasteiger partial charge in [-0.2, -0.15) is 0 Å². The van der Waals surface area contributed by atoms with E-state index in [1.807, 2.05) is 42.5 Å². The average molecular weight is 564 g/mol. The lowest BCUT2D eigenvalue weighted by Gasteiger charge is -2.32. The number of benzene rings is 3. The molecule has 8 heteroatoms. The third kappa shape index (κ3) is 8.74. The van der Waals surface area contributed by atoms with Crippen LogP contribution in [0.15, 0.2) is 77.7 Å². The minimum Gasteiger partial charge on any atom is -0.354 e. The number of thioether (sulfide) groups is 1. The van der Waals surface area contributed by atoms with Gasteiger partial charge in [-0.15, -0.1) is 11.8 Å². The van der Waals surface area contributed by atoms with Crippen LogP contribution in [0.25, 0.3) is 0 Å². The molecule has 0 aliphatic heterocycles. The SMILES string of the molecule is CCCCNC(=O)[C@H](Cc1ccccc1)N(Cc1ccc(Cl)cc1Cl)C(=O)CSc1ccc(Cl)cc1. The summed E-state index contributed by atoms with van der Waals surface area (Å²) in [5.74, 6) is -0.171. The Morgan fingerprint density at radius 1 is 0.944 bits per heavy atom. The largest absolute Gasteiger partial charge is 0.354 e. The smallest absolute Gasteiger partial charge is 0.243 e. The molecule has 36 heavy (non-hydrogen) atoms. The van der Waals surface area contributed by atoms with Crippen LogP contribution < -0.4 is 5.32 Å². The maximum absolute atomic E-state index is 13.7. The highest BCUT2D eigenvalue weighted by molar-refractivity contribution is 8.00. The first-order valence-electron chi connectivity index (χ1n) is 11.8. The zero-order chi connectivity index (χ0) is 25.9. The monoisotopic (exact) mass is 562 g/mol. The molecule has 0 aromatic heterocycles. The molecular weight excluding hydrogens is 535 g/mol. The topological polar surface area (TPSA) is 49.4 Å². The Hall–Kier alpha value is -2.18. The molecule has 0 aliphatic carbocycles. The van der Waals surface area contributed by atoms with E-state index in [1.165, 1.54) is 11.8 Å². The van der Waals surface area contributed by atoms with Crippen LogP contribution in [-0.2, 0) is 22.6 Å². The summed E-state index contributed by atoms with van der Waals surface area (Å²) in [6, 6.07) is 21.5. The van der Waals surface area contributed by atoms with E-state index < -0.39 is 6.04 Å². The van der Waals surface area contributed by atoms with E-state index in [4.69, 9.17) is 34.8 Å². The Bertz CT molecular complexity index is 1140. The molecule has 0 unspecified atom stereocenters. The second kappa shape index (κ2) is 14.5. The first-order chi connectivity index (χ1) is 17.4. The summed E-state index contributed by atoms with van der Waals surface area (Å²) in [6.45, 7) is 2.82. The lowest BCUT2D eigenvalue weighted by molar-refractivity contribution is -0.139. The summed E-state index contributed by atoms with van der Waals surface area (Å²) >= 11 is 20.0. The minimum absolute atomic E-state index is 0.160. The Morgan fingerprint density at radius 3 is 2.31 bits per heavy atom. The number of hydrogen-bond donors (Lipinski definition) is 1. The number of halogens is 3. The van der Waals surface area contributed by atoms with Gasteiger partial charge in [0.1, 0.15) is 6.04 Å². The van der Waals surface area contributed by atoms with Crippen molar-refractivity contribution in [3.8, 4) is 0 Å². The standard InChI is InChI=1S/C28H29Cl3N2O2S/c1-2-3-15-32-28(35)26(16-20-7-5-4-6-8-20)33(18-21-9-10-23(30)17-25(21)31)27(34)19-36-24-13-11-22(29)12-14-24/h4-14,17,26H,2-3,15-16,18-19H2,1H3,(H,32,35)/t26-/m0/s1. The summed E-state index contributed by atoms with van der Waals surface area (Å²) in [4.78, 5) is 29.6. The predicted molar refractivity (Wildman–Crippen MR) is 151 cm³/mol. The van der Waals surface area contributed by atoms with Crippen molar-refractivity contribution < 1.29 is 9.59 Å². The van der Waals surface area contributed by atoms with Crippen LogP contribution >= 0.6 is 46.6 Å². The summed E-state index contributed by atoms with van der Waals surface area (Å²) in [6.07, 6.45) is 2.22. The number of rotatable bonds is 12. The Morgan fingerprint density at radius 2 is 1.64 bits per heavy atom. The molecule has 0 heterocycles. The van der Waals surface area contributed by atoms with Gasteiger partial charge in [0, 0.05) is 39.5 Å². The number of carbonyl (C=O) groups is 2. The Labute approximate surface area is 232 Å². The van der Waals surface area contributed by atoms with Crippen molar-refractivity contribution in [3.63, 3.8) is 0 Å². The highest BCUT2D eigenvalue weighted by atomic mass is 35.5. The van der Waals surface area contributed by atoms with Crippen molar-refractivity contribution in [1.29, 1.82) is 0 Å². The van der Waals surface area contributed by atoms with Crippen LogP contribution in [0, 0.1) is 0 Å². The van der Waals surface area contributed by atoms with Gasteiger partial charge in [-0.1, -0.05) is 84.5 Å². The Balaban J connectivity index is 1.90. The number of amides is 2. The number of carbonyl (C=O) groups excluding carboxylic acids is 2. The molecule has 0 saturated carbocycles. The van der Waals surface area contributed by atoms with Gasteiger partial charge in [-0.25, -0.2) is 0 Å². The third-order valence-electron chi connectivity index (χ3n) is 5.63. The van der Waals surface area contributed by atoms with Crippen molar-refractivity contribution in [2.24, 2.45) is 0 Å². The lowest BCUT2D eigenvalue weighted by Crippen LogP contribution is -2.51. The number of nitrogens with zero attached hydrogens (tertiary/aromatic N) is 1. The second-order valence-corrected chi connectivity index (χ2v) is 10.7. The molecule has 0 fully saturated rings. The van der Waals surface area contributed by atoms with E-state index in [0.717, 1.165) is 28.9 Å². The summed E-state index contributed by atoms with van der Waals surface area (Å²) in [5.41, 5.74) is 1.70. The second-order valence-electron chi connectivity index (χ2n) is 8.35. The van der Waals surface area contributed by atoms with E-state index in [-0.39, 0.29) is 24.1 Å². The van der Waals surface area contributed by atoms with Gasteiger partial charge in [-0.05, 0) is 53.9 Å². The van der Waals surface area contributed by atoms with Crippen molar-refractivity contribution in [2.45, 2.75) is 43.7 Å². The maximum Gasteiger partial charge on any atom is 0.243 e. The maximum atomic E-state index is 13.7.